The molecule has 0 unspecified atom stereocenters. The summed E-state index contributed by atoms with van der Waals surface area (Å²) in [4.78, 5) is 9.89. The molecule has 0 aliphatic heterocycles. The summed E-state index contributed by atoms with van der Waals surface area (Å²) in [6.45, 7) is 13.5. The fraction of sp³-hybridized carbons (Fsp3) is 0.191. The number of fused-ring (bicyclic) bond motifs is 6. The van der Waals surface area contributed by atoms with Gasteiger partial charge in [-0.25, -0.2) is 9.97 Å². The lowest BCUT2D eigenvalue weighted by atomic mass is 9.92. The number of hydrogen-bond donors (Lipinski definition) is 0. The van der Waals surface area contributed by atoms with E-state index in [1.54, 1.807) is 0 Å². The third-order valence-electron chi connectivity index (χ3n) is 10.6. The van der Waals surface area contributed by atoms with Gasteiger partial charge in [0.15, 0.2) is 0 Å². The van der Waals surface area contributed by atoms with Gasteiger partial charge in [-0.1, -0.05) is 96.1 Å². The molecule has 4 heterocycles. The highest BCUT2D eigenvalue weighted by molar-refractivity contribution is 6.10. The van der Waals surface area contributed by atoms with Crippen LogP contribution < -0.4 is 4.74 Å². The van der Waals surface area contributed by atoms with Crippen molar-refractivity contribution < 1.29 is 4.74 Å². The number of aromatic nitrogens is 5. The van der Waals surface area contributed by atoms with Crippen LogP contribution in [0.2, 0.25) is 0 Å². The van der Waals surface area contributed by atoms with Crippen molar-refractivity contribution in [2.75, 3.05) is 0 Å². The van der Waals surface area contributed by atoms with E-state index in [0.29, 0.717) is 17.8 Å². The normalized spacial score (nSPS) is 12.1. The number of hydrogen-bond acceptors (Lipinski definition) is 3. The van der Waals surface area contributed by atoms with E-state index in [9.17, 15) is 0 Å². The van der Waals surface area contributed by atoms with Crippen LogP contribution in [0, 0.1) is 0 Å². The molecule has 0 saturated carbocycles. The summed E-state index contributed by atoms with van der Waals surface area (Å²) in [5, 5.41) is 4.64. The Morgan fingerprint density at radius 1 is 0.509 bits per heavy atom. The van der Waals surface area contributed by atoms with Gasteiger partial charge in [-0.05, 0) is 83.0 Å². The first-order chi connectivity index (χ1) is 25.8. The van der Waals surface area contributed by atoms with Crippen molar-refractivity contribution in [3.05, 3.63) is 151 Å². The molecule has 0 N–H and O–H groups in total. The van der Waals surface area contributed by atoms with Gasteiger partial charge in [-0.3, -0.25) is 13.7 Å². The number of pyridine rings is 1. The average molecular weight is 694 g/mol. The lowest BCUT2D eigenvalue weighted by Crippen LogP contribution is -2.11. The fourth-order valence-electron chi connectivity index (χ4n) is 7.98. The number of ether oxygens (including phenoxy) is 1. The minimum atomic E-state index is 0.298. The summed E-state index contributed by atoms with van der Waals surface area (Å²) in [6.07, 6.45) is 5.89. The van der Waals surface area contributed by atoms with Crippen LogP contribution in [0.3, 0.4) is 0 Å². The molecule has 5 aromatic carbocycles. The summed E-state index contributed by atoms with van der Waals surface area (Å²) in [5.74, 6) is 3.39. The van der Waals surface area contributed by atoms with Crippen molar-refractivity contribution in [1.29, 1.82) is 0 Å². The maximum atomic E-state index is 6.85. The third kappa shape index (κ3) is 5.40. The van der Waals surface area contributed by atoms with Crippen molar-refractivity contribution in [2.24, 2.45) is 0 Å². The zero-order chi connectivity index (χ0) is 36.4. The van der Waals surface area contributed by atoms with Crippen LogP contribution in [-0.2, 0) is 0 Å². The Hall–Kier alpha value is -6.14. The minimum absolute atomic E-state index is 0.298. The molecule has 0 spiro atoms. The second-order valence-electron chi connectivity index (χ2n) is 15.0. The lowest BCUT2D eigenvalue weighted by Gasteiger charge is -2.22. The van der Waals surface area contributed by atoms with E-state index in [2.05, 4.69) is 171 Å². The first-order valence-electron chi connectivity index (χ1n) is 18.7. The largest absolute Gasteiger partial charge is 0.457 e. The summed E-state index contributed by atoms with van der Waals surface area (Å²) < 4.78 is 13.7. The van der Waals surface area contributed by atoms with Gasteiger partial charge in [-0.15, -0.1) is 0 Å². The maximum Gasteiger partial charge on any atom is 0.219 e. The molecule has 6 heteroatoms. The second-order valence-corrected chi connectivity index (χ2v) is 15.0. The van der Waals surface area contributed by atoms with Gasteiger partial charge in [0.2, 0.25) is 5.95 Å². The summed E-state index contributed by atoms with van der Waals surface area (Å²) in [5.41, 5.74) is 10.2. The quantitative estimate of drug-likeness (QED) is 0.159. The smallest absolute Gasteiger partial charge is 0.219 e. The van der Waals surface area contributed by atoms with E-state index in [1.165, 1.54) is 33.2 Å². The predicted octanol–water partition coefficient (Wildman–Crippen LogP) is 12.6. The van der Waals surface area contributed by atoms with E-state index in [4.69, 9.17) is 14.7 Å². The molecule has 6 nitrogen and oxygen atoms in total. The predicted molar refractivity (Wildman–Crippen MR) is 219 cm³/mol. The Labute approximate surface area is 309 Å². The molecule has 0 fully saturated rings. The zero-order valence-corrected chi connectivity index (χ0v) is 31.1. The highest BCUT2D eigenvalue weighted by atomic mass is 16.5. The van der Waals surface area contributed by atoms with E-state index in [0.717, 1.165) is 56.1 Å². The first kappa shape index (κ1) is 32.7. The fourth-order valence-corrected chi connectivity index (χ4v) is 7.98. The Balaban J connectivity index is 1.22. The molecule has 0 saturated heterocycles. The van der Waals surface area contributed by atoms with Gasteiger partial charge >= 0.3 is 0 Å². The van der Waals surface area contributed by atoms with E-state index in [1.807, 2.05) is 18.5 Å². The van der Waals surface area contributed by atoms with E-state index >= 15 is 0 Å². The molecule has 53 heavy (non-hydrogen) atoms. The molecule has 262 valence electrons. The summed E-state index contributed by atoms with van der Waals surface area (Å²) in [7, 11) is 0. The third-order valence-corrected chi connectivity index (χ3v) is 10.6. The van der Waals surface area contributed by atoms with Crippen molar-refractivity contribution >= 4 is 43.7 Å². The molecule has 0 atom stereocenters. The van der Waals surface area contributed by atoms with Crippen molar-refractivity contribution in [1.82, 2.24) is 23.7 Å². The van der Waals surface area contributed by atoms with Crippen LogP contribution in [0.5, 0.6) is 11.5 Å². The molecule has 0 aliphatic rings. The zero-order valence-electron chi connectivity index (χ0n) is 31.1. The maximum absolute atomic E-state index is 6.85. The monoisotopic (exact) mass is 693 g/mol. The molecule has 0 amide bonds. The molecule has 9 rings (SSSR count). The summed E-state index contributed by atoms with van der Waals surface area (Å²) >= 11 is 0. The highest BCUT2D eigenvalue weighted by Gasteiger charge is 2.22. The first-order valence-corrected chi connectivity index (χ1v) is 18.7. The number of para-hydroxylation sites is 3. The number of imidazole rings is 1. The molecular weight excluding hydrogens is 651 g/mol. The van der Waals surface area contributed by atoms with Gasteiger partial charge in [0, 0.05) is 52.3 Å². The molecule has 9 aromatic rings. The van der Waals surface area contributed by atoms with Crippen LogP contribution in [-0.4, -0.2) is 23.7 Å². The number of nitrogens with zero attached hydrogens (tertiary/aromatic N) is 5. The Kier molecular flexibility index (Phi) is 7.92. The highest BCUT2D eigenvalue weighted by Crippen LogP contribution is 2.39. The molecule has 0 radical (unpaired) electrons. The van der Waals surface area contributed by atoms with Crippen molar-refractivity contribution in [3.8, 4) is 28.8 Å². The van der Waals surface area contributed by atoms with Gasteiger partial charge in [0.05, 0.1) is 27.9 Å². The molecule has 0 bridgehead atoms. The van der Waals surface area contributed by atoms with Crippen LogP contribution in [0.25, 0.3) is 61.1 Å². The second kappa shape index (κ2) is 12.8. The van der Waals surface area contributed by atoms with E-state index in [-0.39, 0.29) is 0 Å². The van der Waals surface area contributed by atoms with Crippen molar-refractivity contribution in [2.45, 2.75) is 59.3 Å². The Morgan fingerprint density at radius 2 is 1.17 bits per heavy atom. The van der Waals surface area contributed by atoms with Crippen LogP contribution in [0.15, 0.2) is 134 Å². The number of benzene rings is 5. The van der Waals surface area contributed by atoms with Crippen LogP contribution in [0.4, 0.5) is 0 Å². The van der Waals surface area contributed by atoms with E-state index < -0.39 is 0 Å². The molecule has 0 aliphatic carbocycles. The van der Waals surface area contributed by atoms with Gasteiger partial charge in [0.1, 0.15) is 17.1 Å². The number of rotatable bonds is 8. The lowest BCUT2D eigenvalue weighted by molar-refractivity contribution is 0.482. The Bertz CT molecular complexity index is 2730. The van der Waals surface area contributed by atoms with Crippen LogP contribution in [0.1, 0.15) is 76.0 Å². The summed E-state index contributed by atoms with van der Waals surface area (Å²) in [6, 6.07) is 40.9. The van der Waals surface area contributed by atoms with Gasteiger partial charge < -0.3 is 4.74 Å². The topological polar surface area (TPSA) is 49.8 Å². The standard InChI is InChI=1S/C47H43N5O/c1-29(2)32-25-33(51-42-18-9-8-14-39(42)41-17-12-22-48-46(41)51)27-35(26-32)53-34-20-21-40-38-13-7-10-19-43(38)52(44(40)28-34)47-49-23-24-50(47)45-36(30(3)4)15-11-16-37(45)31(5)6/h7-31H,1-6H3. The van der Waals surface area contributed by atoms with Gasteiger partial charge in [-0.2, -0.15) is 0 Å². The molecule has 4 aromatic heterocycles. The van der Waals surface area contributed by atoms with Gasteiger partial charge in [0.25, 0.3) is 0 Å². The molecular formula is C47H43N5O. The average Bonchev–Trinajstić information content (AvgIpc) is 3.86. The minimum Gasteiger partial charge on any atom is -0.457 e. The SMILES string of the molecule is CC(C)c1cc(Oc2ccc3c4ccccc4n(-c4nccn4-c4c(C(C)C)cccc4C(C)C)c3c2)cc(-n2c3ccccc3c3cccnc32)c1. The van der Waals surface area contributed by atoms with Crippen molar-refractivity contribution in [3.63, 3.8) is 0 Å². The van der Waals surface area contributed by atoms with Crippen LogP contribution >= 0.6 is 0 Å². The Morgan fingerprint density at radius 3 is 1.89 bits per heavy atom.